The van der Waals surface area contributed by atoms with E-state index in [0.717, 1.165) is 12.0 Å². The molecule has 0 saturated carbocycles. The van der Waals surface area contributed by atoms with Crippen molar-refractivity contribution in [2.24, 2.45) is 5.92 Å². The van der Waals surface area contributed by atoms with Gasteiger partial charge in [0.15, 0.2) is 0 Å². The van der Waals surface area contributed by atoms with Gasteiger partial charge < -0.3 is 14.5 Å². The fraction of sp³-hybridized carbons (Fsp3) is 0.529. The number of benzene rings is 1. The van der Waals surface area contributed by atoms with Crippen molar-refractivity contribution in [2.45, 2.75) is 20.0 Å². The molecule has 2 amide bonds. The predicted molar refractivity (Wildman–Crippen MR) is 89.3 cm³/mol. The second-order valence-electron chi connectivity index (χ2n) is 5.71. The minimum absolute atomic E-state index is 0.0172. The molecule has 1 aromatic carbocycles. The van der Waals surface area contributed by atoms with Gasteiger partial charge in [0.2, 0.25) is 5.91 Å². The maximum absolute atomic E-state index is 12.2. The van der Waals surface area contributed by atoms with Crippen molar-refractivity contribution >= 4 is 23.6 Å². The smallest absolute Gasteiger partial charge is 0.410 e. The molecule has 0 aromatic heterocycles. The van der Waals surface area contributed by atoms with Crippen molar-refractivity contribution in [1.29, 1.82) is 0 Å². The van der Waals surface area contributed by atoms with Gasteiger partial charge in [-0.05, 0) is 24.8 Å². The quantitative estimate of drug-likeness (QED) is 0.749. The third-order valence-electron chi connectivity index (χ3n) is 4.08. The summed E-state index contributed by atoms with van der Waals surface area (Å²) in [7, 11) is 0. The molecular weight excluding hydrogens is 316 g/mol. The summed E-state index contributed by atoms with van der Waals surface area (Å²) in [6.07, 6.45) is 0.587. The molecule has 0 spiro atoms. The first-order valence-corrected chi connectivity index (χ1v) is 8.46. The first-order valence-electron chi connectivity index (χ1n) is 7.93. The summed E-state index contributed by atoms with van der Waals surface area (Å²) in [6, 6.07) is 9.62. The van der Waals surface area contributed by atoms with Crippen molar-refractivity contribution < 1.29 is 14.3 Å². The zero-order valence-corrected chi connectivity index (χ0v) is 14.2. The summed E-state index contributed by atoms with van der Waals surface area (Å²) in [5.41, 5.74) is 0.969. The number of rotatable bonds is 6. The minimum atomic E-state index is -0.307. The summed E-state index contributed by atoms with van der Waals surface area (Å²) in [6.45, 7) is 4.78. The van der Waals surface area contributed by atoms with Crippen LogP contribution in [-0.2, 0) is 16.1 Å². The van der Waals surface area contributed by atoms with Gasteiger partial charge in [-0.25, -0.2) is 4.79 Å². The van der Waals surface area contributed by atoms with Gasteiger partial charge in [-0.2, -0.15) is 0 Å². The molecule has 1 aliphatic rings. The predicted octanol–water partition coefficient (Wildman–Crippen LogP) is 2.73. The standard InChI is InChI=1S/C17H23ClN2O3/c1-2-19(11-15-8-9-20(12-15)16(21)10-18)17(22)23-13-14-6-4-3-5-7-14/h3-7,15H,2,8-13H2,1H3/t15-/m0/s1. The number of carbonyl (C=O) groups is 2. The fourth-order valence-electron chi connectivity index (χ4n) is 2.75. The van der Waals surface area contributed by atoms with Crippen LogP contribution >= 0.6 is 11.6 Å². The maximum Gasteiger partial charge on any atom is 0.410 e. The number of likely N-dealkylation sites (tertiary alicyclic amines) is 1. The average molecular weight is 339 g/mol. The second-order valence-corrected chi connectivity index (χ2v) is 5.97. The molecule has 1 aliphatic heterocycles. The molecule has 0 radical (unpaired) electrons. The largest absolute Gasteiger partial charge is 0.445 e. The van der Waals surface area contributed by atoms with Crippen LogP contribution in [0.15, 0.2) is 30.3 Å². The van der Waals surface area contributed by atoms with E-state index in [4.69, 9.17) is 16.3 Å². The van der Waals surface area contributed by atoms with E-state index in [9.17, 15) is 9.59 Å². The van der Waals surface area contributed by atoms with E-state index in [-0.39, 0.29) is 30.4 Å². The highest BCUT2D eigenvalue weighted by Crippen LogP contribution is 2.18. The maximum atomic E-state index is 12.2. The Morgan fingerprint density at radius 1 is 1.35 bits per heavy atom. The third-order valence-corrected chi connectivity index (χ3v) is 4.31. The first kappa shape index (κ1) is 17.6. The van der Waals surface area contributed by atoms with Gasteiger partial charge in [-0.15, -0.1) is 11.6 Å². The van der Waals surface area contributed by atoms with Gasteiger partial charge >= 0.3 is 6.09 Å². The van der Waals surface area contributed by atoms with Crippen LogP contribution in [0.4, 0.5) is 4.79 Å². The number of hydrogen-bond acceptors (Lipinski definition) is 3. The lowest BCUT2D eigenvalue weighted by Crippen LogP contribution is -2.37. The average Bonchev–Trinajstić information content (AvgIpc) is 3.06. The SMILES string of the molecule is CCN(C[C@@H]1CCN(C(=O)CCl)C1)C(=O)OCc1ccccc1. The van der Waals surface area contributed by atoms with Crippen molar-refractivity contribution in [1.82, 2.24) is 9.80 Å². The molecule has 1 heterocycles. The zero-order valence-electron chi connectivity index (χ0n) is 13.4. The highest BCUT2D eigenvalue weighted by atomic mass is 35.5. The van der Waals surface area contributed by atoms with Gasteiger partial charge in [-0.3, -0.25) is 4.79 Å². The molecule has 0 N–H and O–H groups in total. The van der Waals surface area contributed by atoms with Gasteiger partial charge in [0, 0.05) is 26.2 Å². The lowest BCUT2D eigenvalue weighted by atomic mass is 10.1. The number of hydrogen-bond donors (Lipinski definition) is 0. The van der Waals surface area contributed by atoms with Crippen molar-refractivity contribution in [3.8, 4) is 0 Å². The van der Waals surface area contributed by atoms with E-state index >= 15 is 0 Å². The first-order chi connectivity index (χ1) is 11.1. The van der Waals surface area contributed by atoms with Crippen molar-refractivity contribution in [2.75, 3.05) is 32.1 Å². The second kappa shape index (κ2) is 8.77. The zero-order chi connectivity index (χ0) is 16.7. The van der Waals surface area contributed by atoms with Gasteiger partial charge in [0.1, 0.15) is 12.5 Å². The highest BCUT2D eigenvalue weighted by Gasteiger charge is 2.28. The highest BCUT2D eigenvalue weighted by molar-refractivity contribution is 6.27. The Balaban J connectivity index is 1.80. The Bertz CT molecular complexity index is 524. The van der Waals surface area contributed by atoms with Gasteiger partial charge in [0.05, 0.1) is 0 Å². The Labute approximate surface area is 142 Å². The Morgan fingerprint density at radius 3 is 2.74 bits per heavy atom. The fourth-order valence-corrected chi connectivity index (χ4v) is 2.92. The van der Waals surface area contributed by atoms with E-state index in [0.29, 0.717) is 26.2 Å². The molecule has 2 rings (SSSR count). The lowest BCUT2D eigenvalue weighted by Gasteiger charge is -2.24. The normalized spacial score (nSPS) is 17.1. The molecular formula is C17H23ClN2O3. The molecule has 1 aromatic rings. The summed E-state index contributed by atoms with van der Waals surface area (Å²) in [5.74, 6) is 0.263. The van der Waals surface area contributed by atoms with Crippen LogP contribution < -0.4 is 0 Å². The number of nitrogens with zero attached hydrogens (tertiary/aromatic N) is 2. The van der Waals surface area contributed by atoms with E-state index in [1.54, 1.807) is 9.80 Å². The summed E-state index contributed by atoms with van der Waals surface area (Å²) in [4.78, 5) is 27.3. The van der Waals surface area contributed by atoms with Crippen molar-refractivity contribution in [3.05, 3.63) is 35.9 Å². The monoisotopic (exact) mass is 338 g/mol. The molecule has 126 valence electrons. The van der Waals surface area contributed by atoms with Gasteiger partial charge in [-0.1, -0.05) is 30.3 Å². The number of ether oxygens (including phenoxy) is 1. The van der Waals surface area contributed by atoms with Crippen LogP contribution in [0, 0.1) is 5.92 Å². The molecule has 0 unspecified atom stereocenters. The van der Waals surface area contributed by atoms with E-state index in [2.05, 4.69) is 0 Å². The number of alkyl halides is 1. The molecule has 1 saturated heterocycles. The van der Waals surface area contributed by atoms with Crippen LogP contribution in [0.5, 0.6) is 0 Å². The van der Waals surface area contributed by atoms with Crippen LogP contribution in [-0.4, -0.2) is 53.9 Å². The molecule has 1 atom stereocenters. The van der Waals surface area contributed by atoms with E-state index in [1.807, 2.05) is 37.3 Å². The topological polar surface area (TPSA) is 49.9 Å². The summed E-state index contributed by atoms with van der Waals surface area (Å²) in [5, 5.41) is 0. The van der Waals surface area contributed by atoms with Crippen LogP contribution in [0.2, 0.25) is 0 Å². The number of carbonyl (C=O) groups excluding carboxylic acids is 2. The van der Waals surface area contributed by atoms with E-state index < -0.39 is 0 Å². The van der Waals surface area contributed by atoms with Crippen LogP contribution in [0.3, 0.4) is 0 Å². The Hall–Kier alpha value is -1.75. The Kier molecular flexibility index (Phi) is 6.71. The summed E-state index contributed by atoms with van der Waals surface area (Å²) >= 11 is 5.59. The number of amides is 2. The van der Waals surface area contributed by atoms with Crippen LogP contribution in [0.25, 0.3) is 0 Å². The summed E-state index contributed by atoms with van der Waals surface area (Å²) < 4.78 is 5.37. The molecule has 0 bridgehead atoms. The lowest BCUT2D eigenvalue weighted by molar-refractivity contribution is -0.127. The molecule has 1 fully saturated rings. The molecule has 0 aliphatic carbocycles. The minimum Gasteiger partial charge on any atom is -0.445 e. The van der Waals surface area contributed by atoms with Crippen molar-refractivity contribution in [3.63, 3.8) is 0 Å². The number of halogens is 1. The van der Waals surface area contributed by atoms with E-state index in [1.165, 1.54) is 0 Å². The Morgan fingerprint density at radius 2 is 2.09 bits per heavy atom. The van der Waals surface area contributed by atoms with Crippen LogP contribution in [0.1, 0.15) is 18.9 Å². The molecule has 5 nitrogen and oxygen atoms in total. The third kappa shape index (κ3) is 5.13. The molecule has 6 heteroatoms. The van der Waals surface area contributed by atoms with Gasteiger partial charge in [0.25, 0.3) is 0 Å². The molecule has 23 heavy (non-hydrogen) atoms.